The molecule has 1 aromatic carbocycles. The van der Waals surface area contributed by atoms with Crippen LogP contribution in [0.1, 0.15) is 51.0 Å². The Morgan fingerprint density at radius 1 is 1.00 bits per heavy atom. The predicted octanol–water partition coefficient (Wildman–Crippen LogP) is 4.84. The molecule has 0 aliphatic heterocycles. The summed E-state index contributed by atoms with van der Waals surface area (Å²) in [6, 6.07) is 9.72. The zero-order valence-electron chi connectivity index (χ0n) is 13.1. The summed E-state index contributed by atoms with van der Waals surface area (Å²) in [5, 5.41) is 1.60. The van der Waals surface area contributed by atoms with E-state index >= 15 is 0 Å². The van der Waals surface area contributed by atoms with Gasteiger partial charge < -0.3 is 0 Å². The molecule has 0 aromatic heterocycles. The molecule has 0 atom stereocenters. The normalized spacial score (nSPS) is 32.6. The van der Waals surface area contributed by atoms with E-state index in [0.717, 1.165) is 5.41 Å². The fraction of sp³-hybridized carbons (Fsp3) is 0.667. The van der Waals surface area contributed by atoms with E-state index in [1.807, 2.05) is 0 Å². The third kappa shape index (κ3) is 2.10. The summed E-state index contributed by atoms with van der Waals surface area (Å²) in [5.41, 5.74) is 3.01. The van der Waals surface area contributed by atoms with Crippen molar-refractivity contribution in [1.82, 2.24) is 0 Å². The van der Waals surface area contributed by atoms with Gasteiger partial charge in [-0.1, -0.05) is 68.9 Å². The van der Waals surface area contributed by atoms with E-state index in [0.29, 0.717) is 5.41 Å². The lowest BCUT2D eigenvalue weighted by Crippen LogP contribution is -2.64. The van der Waals surface area contributed by atoms with Crippen LogP contribution in [0.3, 0.4) is 0 Å². The van der Waals surface area contributed by atoms with Crippen LogP contribution in [-0.4, -0.2) is 8.07 Å². The first-order valence-electron chi connectivity index (χ1n) is 8.00. The fourth-order valence-corrected chi connectivity index (χ4v) is 5.61. The van der Waals surface area contributed by atoms with Crippen molar-refractivity contribution in [2.24, 2.45) is 5.41 Å². The summed E-state index contributed by atoms with van der Waals surface area (Å²) < 4.78 is 0. The van der Waals surface area contributed by atoms with E-state index in [1.165, 1.54) is 38.5 Å². The molecular weight excluding hydrogens is 244 g/mol. The maximum Gasteiger partial charge on any atom is 0.0775 e. The van der Waals surface area contributed by atoms with Crippen LogP contribution in [0.15, 0.2) is 24.3 Å². The molecule has 4 rings (SSSR count). The van der Waals surface area contributed by atoms with Gasteiger partial charge in [-0.15, -0.1) is 0 Å². The van der Waals surface area contributed by atoms with Gasteiger partial charge in [0.15, 0.2) is 0 Å². The maximum absolute atomic E-state index is 2.44. The zero-order chi connectivity index (χ0) is 13.7. The first-order chi connectivity index (χ1) is 8.89. The van der Waals surface area contributed by atoms with Crippen LogP contribution >= 0.6 is 0 Å². The highest BCUT2D eigenvalue weighted by Crippen LogP contribution is 2.75. The lowest BCUT2D eigenvalue weighted by molar-refractivity contribution is -0.147. The van der Waals surface area contributed by atoms with Crippen LogP contribution in [0.5, 0.6) is 0 Å². The number of rotatable bonds is 5. The van der Waals surface area contributed by atoms with Gasteiger partial charge in [-0.05, 0) is 42.1 Å². The van der Waals surface area contributed by atoms with Crippen LogP contribution in [0.4, 0.5) is 0 Å². The predicted molar refractivity (Wildman–Crippen MR) is 86.9 cm³/mol. The molecule has 1 heteroatoms. The monoisotopic (exact) mass is 272 g/mol. The molecule has 0 spiro atoms. The fourth-order valence-electron chi connectivity index (χ4n) is 4.45. The molecule has 104 valence electrons. The number of hydrogen-bond acceptors (Lipinski definition) is 0. The molecule has 1 aromatic rings. The third-order valence-corrected chi connectivity index (χ3v) is 7.63. The molecule has 3 fully saturated rings. The van der Waals surface area contributed by atoms with E-state index in [9.17, 15) is 0 Å². The molecule has 3 aliphatic rings. The van der Waals surface area contributed by atoms with Gasteiger partial charge in [0.25, 0.3) is 0 Å². The molecule has 19 heavy (non-hydrogen) atoms. The minimum atomic E-state index is -1.13. The minimum Gasteiger partial charge on any atom is -0.0656 e. The van der Waals surface area contributed by atoms with Crippen LogP contribution in [0, 0.1) is 5.41 Å². The van der Waals surface area contributed by atoms with Crippen molar-refractivity contribution in [3.05, 3.63) is 29.8 Å². The summed E-state index contributed by atoms with van der Waals surface area (Å²) >= 11 is 0. The molecule has 0 heterocycles. The third-order valence-electron chi connectivity index (χ3n) is 5.56. The molecule has 0 N–H and O–H groups in total. The highest BCUT2D eigenvalue weighted by molar-refractivity contribution is 6.88. The number of benzene rings is 1. The summed E-state index contributed by atoms with van der Waals surface area (Å²) in [6.07, 6.45) is 8.72. The smallest absolute Gasteiger partial charge is 0.0656 e. The first-order valence-corrected chi connectivity index (χ1v) is 11.5. The lowest BCUT2D eigenvalue weighted by Gasteiger charge is -2.72. The molecule has 3 aliphatic carbocycles. The van der Waals surface area contributed by atoms with Crippen molar-refractivity contribution < 1.29 is 0 Å². The largest absolute Gasteiger partial charge is 0.0775 e. The van der Waals surface area contributed by atoms with Gasteiger partial charge in [0.1, 0.15) is 0 Å². The maximum atomic E-state index is 2.44. The molecule has 0 nitrogen and oxygen atoms in total. The van der Waals surface area contributed by atoms with E-state index < -0.39 is 8.07 Å². The first kappa shape index (κ1) is 13.4. The highest BCUT2D eigenvalue weighted by atomic mass is 28.3. The summed E-state index contributed by atoms with van der Waals surface area (Å²) in [7, 11) is -1.13. The van der Waals surface area contributed by atoms with Crippen molar-refractivity contribution in [2.45, 2.75) is 70.5 Å². The van der Waals surface area contributed by atoms with E-state index in [-0.39, 0.29) is 0 Å². The van der Waals surface area contributed by atoms with Crippen molar-refractivity contribution in [1.29, 1.82) is 0 Å². The van der Waals surface area contributed by atoms with Crippen LogP contribution in [-0.2, 0) is 5.41 Å². The molecule has 2 bridgehead atoms. The van der Waals surface area contributed by atoms with Gasteiger partial charge >= 0.3 is 0 Å². The second kappa shape index (κ2) is 4.21. The van der Waals surface area contributed by atoms with Crippen molar-refractivity contribution >= 4 is 13.3 Å². The summed E-state index contributed by atoms with van der Waals surface area (Å²) in [4.78, 5) is 0. The molecule has 0 unspecified atom stereocenters. The second-order valence-electron chi connectivity index (χ2n) is 8.24. The van der Waals surface area contributed by atoms with E-state index in [4.69, 9.17) is 0 Å². The van der Waals surface area contributed by atoms with Gasteiger partial charge in [-0.3, -0.25) is 0 Å². The Bertz CT molecular complexity index is 444. The molecule has 0 amide bonds. The Hall–Kier alpha value is -0.563. The molecule has 3 saturated carbocycles. The van der Waals surface area contributed by atoms with E-state index in [2.05, 4.69) is 50.8 Å². The van der Waals surface area contributed by atoms with Crippen molar-refractivity contribution in [3.8, 4) is 0 Å². The summed E-state index contributed by atoms with van der Waals surface area (Å²) in [5.74, 6) is 0. The van der Waals surface area contributed by atoms with Crippen molar-refractivity contribution in [2.75, 3.05) is 0 Å². The molecular formula is C18H28Si. The van der Waals surface area contributed by atoms with Gasteiger partial charge in [-0.25, -0.2) is 0 Å². The molecule has 0 saturated heterocycles. The Balaban J connectivity index is 1.67. The van der Waals surface area contributed by atoms with Gasteiger partial charge in [0.2, 0.25) is 0 Å². The van der Waals surface area contributed by atoms with Crippen LogP contribution in [0.2, 0.25) is 19.6 Å². The lowest BCUT2D eigenvalue weighted by atomic mass is 9.32. The Labute approximate surface area is 119 Å². The second-order valence-corrected chi connectivity index (χ2v) is 13.3. The number of hydrogen-bond donors (Lipinski definition) is 0. The van der Waals surface area contributed by atoms with Gasteiger partial charge in [0, 0.05) is 0 Å². The highest BCUT2D eigenvalue weighted by Gasteiger charge is 2.67. The zero-order valence-corrected chi connectivity index (χ0v) is 14.1. The standard InChI is InChI=1S/C18H28Si/c1-5-6-11-17-12-18(13-17,14-17)15-7-9-16(10-8-15)19(2,3)4/h7-10H,5-6,11-14H2,1-4H3. The quantitative estimate of drug-likeness (QED) is 0.673. The minimum absolute atomic E-state index is 0.603. The van der Waals surface area contributed by atoms with E-state index in [1.54, 1.807) is 10.8 Å². The molecule has 0 radical (unpaired) electrons. The Morgan fingerprint density at radius 3 is 2.05 bits per heavy atom. The average molecular weight is 273 g/mol. The Morgan fingerprint density at radius 2 is 1.58 bits per heavy atom. The SMILES string of the molecule is CCCCC12CC(c3ccc([Si](C)(C)C)cc3)(C1)C2. The van der Waals surface area contributed by atoms with Gasteiger partial charge in [-0.2, -0.15) is 0 Å². The van der Waals surface area contributed by atoms with Crippen LogP contribution < -0.4 is 5.19 Å². The number of unbranched alkanes of at least 4 members (excludes halogenated alkanes) is 1. The summed E-state index contributed by atoms with van der Waals surface area (Å²) in [6.45, 7) is 9.62. The van der Waals surface area contributed by atoms with Crippen molar-refractivity contribution in [3.63, 3.8) is 0 Å². The average Bonchev–Trinajstić information content (AvgIpc) is 2.25. The van der Waals surface area contributed by atoms with Crippen LogP contribution in [0.25, 0.3) is 0 Å². The van der Waals surface area contributed by atoms with Gasteiger partial charge in [0.05, 0.1) is 8.07 Å². The topological polar surface area (TPSA) is 0 Å². The Kier molecular flexibility index (Phi) is 2.98.